The molecule has 0 saturated heterocycles. The largest absolute Gasteiger partial charge is 0.385 e. The molecule has 6 nitrogen and oxygen atoms in total. The predicted molar refractivity (Wildman–Crippen MR) is 101 cm³/mol. The van der Waals surface area contributed by atoms with E-state index in [-0.39, 0.29) is 0 Å². The smallest absolute Gasteiger partial charge is 0.191 e. The summed E-state index contributed by atoms with van der Waals surface area (Å²) in [6, 6.07) is 1.99. The van der Waals surface area contributed by atoms with E-state index in [0.717, 1.165) is 43.5 Å². The van der Waals surface area contributed by atoms with Crippen molar-refractivity contribution in [2.24, 2.45) is 10.4 Å². The van der Waals surface area contributed by atoms with Gasteiger partial charge >= 0.3 is 0 Å². The number of ether oxygens (including phenoxy) is 1. The summed E-state index contributed by atoms with van der Waals surface area (Å²) in [6.07, 6.45) is 6.27. The molecule has 2 N–H and O–H groups in total. The molecule has 1 fully saturated rings. The fraction of sp³-hybridized carbons (Fsp3) is 0.789. The number of hydrogen-bond acceptors (Lipinski definition) is 4. The number of aromatic nitrogens is 1. The maximum absolute atomic E-state index is 5.38. The molecule has 0 aromatic carbocycles. The molecule has 1 aliphatic rings. The van der Waals surface area contributed by atoms with E-state index in [0.29, 0.717) is 17.9 Å². The average molecular weight is 351 g/mol. The van der Waals surface area contributed by atoms with Gasteiger partial charge in [0, 0.05) is 32.9 Å². The molecule has 1 aromatic heterocycles. The maximum atomic E-state index is 5.38. The number of rotatable bonds is 9. The zero-order chi connectivity index (χ0) is 18.1. The number of aliphatic imine (C=N–C) groups is 1. The van der Waals surface area contributed by atoms with Gasteiger partial charge in [-0.25, -0.2) is 4.99 Å². The lowest BCUT2D eigenvalue weighted by molar-refractivity contribution is 0.138. The van der Waals surface area contributed by atoms with Crippen LogP contribution < -0.4 is 10.6 Å². The molecule has 0 unspecified atom stereocenters. The summed E-state index contributed by atoms with van der Waals surface area (Å²) in [5.41, 5.74) is 1.32. The quantitative estimate of drug-likeness (QED) is 0.527. The van der Waals surface area contributed by atoms with Gasteiger partial charge < -0.3 is 19.9 Å². The van der Waals surface area contributed by atoms with Crippen LogP contribution in [0.25, 0.3) is 0 Å². The minimum atomic E-state index is 0.337. The summed E-state index contributed by atoms with van der Waals surface area (Å²) in [7, 11) is 1.78. The van der Waals surface area contributed by atoms with Gasteiger partial charge in [-0.2, -0.15) is 0 Å². The molecule has 0 aliphatic heterocycles. The fourth-order valence-corrected chi connectivity index (χ4v) is 3.40. The van der Waals surface area contributed by atoms with Crippen molar-refractivity contribution in [3.05, 3.63) is 17.5 Å². The molecule has 2 rings (SSSR count). The Morgan fingerprint density at radius 3 is 2.72 bits per heavy atom. The Balaban J connectivity index is 1.94. The van der Waals surface area contributed by atoms with Gasteiger partial charge in [0.15, 0.2) is 11.7 Å². The highest BCUT2D eigenvalue weighted by Crippen LogP contribution is 2.40. The highest BCUT2D eigenvalue weighted by molar-refractivity contribution is 5.79. The van der Waals surface area contributed by atoms with Gasteiger partial charge in [-0.15, -0.1) is 0 Å². The molecule has 0 atom stereocenters. The number of nitrogens with zero attached hydrogens (tertiary/aromatic N) is 2. The van der Waals surface area contributed by atoms with Gasteiger partial charge in [-0.1, -0.05) is 31.8 Å². The maximum Gasteiger partial charge on any atom is 0.191 e. The van der Waals surface area contributed by atoms with Crippen LogP contribution in [-0.2, 0) is 11.3 Å². The molecule has 0 amide bonds. The van der Waals surface area contributed by atoms with E-state index in [9.17, 15) is 0 Å². The van der Waals surface area contributed by atoms with E-state index >= 15 is 0 Å². The first-order chi connectivity index (χ1) is 12.1. The molecule has 25 heavy (non-hydrogen) atoms. The topological polar surface area (TPSA) is 71.7 Å². The van der Waals surface area contributed by atoms with Gasteiger partial charge in [0.2, 0.25) is 0 Å². The van der Waals surface area contributed by atoms with Crippen molar-refractivity contribution in [2.75, 3.05) is 26.8 Å². The fourth-order valence-electron chi connectivity index (χ4n) is 3.40. The monoisotopic (exact) mass is 350 g/mol. The summed E-state index contributed by atoms with van der Waals surface area (Å²) >= 11 is 0. The second kappa shape index (κ2) is 9.80. The molecule has 1 aliphatic carbocycles. The van der Waals surface area contributed by atoms with E-state index in [1.54, 1.807) is 7.11 Å². The average Bonchev–Trinajstić information content (AvgIpc) is 3.26. The number of guanidine groups is 1. The third kappa shape index (κ3) is 6.03. The van der Waals surface area contributed by atoms with Crippen LogP contribution >= 0.6 is 0 Å². The van der Waals surface area contributed by atoms with Crippen molar-refractivity contribution in [3.8, 4) is 0 Å². The lowest BCUT2D eigenvalue weighted by atomic mass is 9.83. The van der Waals surface area contributed by atoms with Crippen molar-refractivity contribution in [1.82, 2.24) is 15.8 Å². The van der Waals surface area contributed by atoms with Crippen LogP contribution in [0.3, 0.4) is 0 Å². The molecular weight excluding hydrogens is 316 g/mol. The summed E-state index contributed by atoms with van der Waals surface area (Å²) in [5, 5.41) is 11.0. The van der Waals surface area contributed by atoms with Crippen LogP contribution in [0.15, 0.2) is 15.6 Å². The highest BCUT2D eigenvalue weighted by Gasteiger charge is 2.33. The van der Waals surface area contributed by atoms with Gasteiger partial charge in [0.25, 0.3) is 0 Å². The van der Waals surface area contributed by atoms with E-state index in [2.05, 4.69) is 41.6 Å². The van der Waals surface area contributed by atoms with E-state index in [1.807, 2.05) is 6.07 Å². The molecule has 1 heterocycles. The minimum absolute atomic E-state index is 0.337. The third-order valence-corrected chi connectivity index (χ3v) is 5.04. The van der Waals surface area contributed by atoms with Gasteiger partial charge in [-0.3, -0.25) is 0 Å². The summed E-state index contributed by atoms with van der Waals surface area (Å²) in [6.45, 7) is 9.40. The van der Waals surface area contributed by atoms with Gasteiger partial charge in [0.05, 0.1) is 5.69 Å². The standard InChI is InChI=1S/C19H34N4O2/c1-5-20-18(21-13-16-12-17(15(2)3)23-25-16)22-14-19(10-11-24-4)8-6-7-9-19/h12,15H,5-11,13-14H2,1-4H3,(H2,20,21,22). The van der Waals surface area contributed by atoms with Crippen molar-refractivity contribution < 1.29 is 9.26 Å². The Hall–Kier alpha value is -1.56. The lowest BCUT2D eigenvalue weighted by Gasteiger charge is -2.29. The molecule has 0 spiro atoms. The predicted octanol–water partition coefficient (Wildman–Crippen LogP) is 3.45. The zero-order valence-corrected chi connectivity index (χ0v) is 16.2. The molecule has 1 aromatic rings. The second-order valence-electron chi connectivity index (χ2n) is 7.37. The minimum Gasteiger partial charge on any atom is -0.385 e. The second-order valence-corrected chi connectivity index (χ2v) is 7.37. The lowest BCUT2D eigenvalue weighted by Crippen LogP contribution is -2.43. The van der Waals surface area contributed by atoms with Crippen molar-refractivity contribution in [1.29, 1.82) is 0 Å². The normalized spacial score (nSPS) is 17.2. The van der Waals surface area contributed by atoms with Crippen molar-refractivity contribution in [3.63, 3.8) is 0 Å². The highest BCUT2D eigenvalue weighted by atomic mass is 16.5. The Morgan fingerprint density at radius 2 is 2.12 bits per heavy atom. The Labute approximate surface area is 151 Å². The molecule has 6 heteroatoms. The third-order valence-electron chi connectivity index (χ3n) is 5.04. The first-order valence-electron chi connectivity index (χ1n) is 9.55. The van der Waals surface area contributed by atoms with Gasteiger partial charge in [-0.05, 0) is 37.5 Å². The summed E-state index contributed by atoms with van der Waals surface area (Å²) < 4.78 is 10.7. The Bertz CT molecular complexity index is 533. The van der Waals surface area contributed by atoms with E-state index < -0.39 is 0 Å². The van der Waals surface area contributed by atoms with Crippen LogP contribution in [0, 0.1) is 5.41 Å². The molecule has 0 bridgehead atoms. The number of methoxy groups -OCH3 is 1. The van der Waals surface area contributed by atoms with E-state index in [1.165, 1.54) is 25.7 Å². The Morgan fingerprint density at radius 1 is 1.36 bits per heavy atom. The molecule has 0 radical (unpaired) electrons. The van der Waals surface area contributed by atoms with Crippen LogP contribution in [0.5, 0.6) is 0 Å². The SMILES string of the molecule is CCNC(=NCc1cc(C(C)C)no1)NCC1(CCOC)CCCC1. The molecule has 142 valence electrons. The van der Waals surface area contributed by atoms with Crippen LogP contribution in [0.4, 0.5) is 0 Å². The van der Waals surface area contributed by atoms with Crippen LogP contribution in [0.2, 0.25) is 0 Å². The molecular formula is C19H34N4O2. The van der Waals surface area contributed by atoms with E-state index in [4.69, 9.17) is 9.26 Å². The zero-order valence-electron chi connectivity index (χ0n) is 16.2. The first-order valence-corrected chi connectivity index (χ1v) is 9.55. The Kier molecular flexibility index (Phi) is 7.75. The van der Waals surface area contributed by atoms with Crippen molar-refractivity contribution >= 4 is 5.96 Å². The van der Waals surface area contributed by atoms with Crippen molar-refractivity contribution in [2.45, 2.75) is 65.3 Å². The van der Waals surface area contributed by atoms with Crippen LogP contribution in [-0.4, -0.2) is 37.9 Å². The van der Waals surface area contributed by atoms with Gasteiger partial charge in [0.1, 0.15) is 6.54 Å². The number of hydrogen-bond donors (Lipinski definition) is 2. The first kappa shape index (κ1) is 19.8. The molecule has 1 saturated carbocycles. The summed E-state index contributed by atoms with van der Waals surface area (Å²) in [5.74, 6) is 2.01. The van der Waals surface area contributed by atoms with Crippen LogP contribution in [0.1, 0.15) is 70.2 Å². The number of nitrogens with one attached hydrogen (secondary N) is 2. The summed E-state index contributed by atoms with van der Waals surface area (Å²) in [4.78, 5) is 4.66.